The molecule has 0 aliphatic carbocycles. The minimum atomic E-state index is -0.854. The second-order valence-electron chi connectivity index (χ2n) is 5.69. The Kier molecular flexibility index (Phi) is 2.93. The Morgan fingerprint density at radius 3 is 2.43 bits per heavy atom. The van der Waals surface area contributed by atoms with Gasteiger partial charge in [-0.3, -0.25) is 4.79 Å². The molecule has 0 amide bonds. The number of ether oxygens (including phenoxy) is 1. The molecule has 0 saturated carbocycles. The zero-order chi connectivity index (χ0) is 15.2. The van der Waals surface area contributed by atoms with Crippen molar-refractivity contribution in [3.8, 4) is 5.75 Å². The third-order valence-electron chi connectivity index (χ3n) is 3.75. The van der Waals surface area contributed by atoms with Crippen molar-refractivity contribution >= 4 is 27.9 Å². The molecule has 2 heterocycles. The minimum Gasteiger partial charge on any atom is -0.492 e. The SMILES string of the molecule is COc1c2ccoc2c(C(C)(C)CC(=O)O)c2ccoc12. The average molecular weight is 288 g/mol. The number of fused-ring (bicyclic) bond motifs is 2. The van der Waals surface area contributed by atoms with Gasteiger partial charge in [-0.2, -0.15) is 0 Å². The van der Waals surface area contributed by atoms with Crippen molar-refractivity contribution in [2.24, 2.45) is 0 Å². The first-order chi connectivity index (χ1) is 9.95. The van der Waals surface area contributed by atoms with Gasteiger partial charge in [0.05, 0.1) is 31.4 Å². The lowest BCUT2D eigenvalue weighted by molar-refractivity contribution is -0.138. The van der Waals surface area contributed by atoms with E-state index in [9.17, 15) is 9.90 Å². The summed E-state index contributed by atoms with van der Waals surface area (Å²) in [5.41, 5.74) is 1.48. The first-order valence-corrected chi connectivity index (χ1v) is 6.62. The highest BCUT2D eigenvalue weighted by molar-refractivity contribution is 6.05. The van der Waals surface area contributed by atoms with Crippen LogP contribution in [0.25, 0.3) is 21.9 Å². The average Bonchev–Trinajstić information content (AvgIpc) is 3.01. The molecule has 0 unspecified atom stereocenters. The topological polar surface area (TPSA) is 72.8 Å². The molecular formula is C16H16O5. The molecule has 0 spiro atoms. The normalized spacial score (nSPS) is 12.1. The summed E-state index contributed by atoms with van der Waals surface area (Å²) < 4.78 is 16.6. The molecule has 0 aliphatic rings. The lowest BCUT2D eigenvalue weighted by Crippen LogP contribution is -2.22. The van der Waals surface area contributed by atoms with Gasteiger partial charge in [0.1, 0.15) is 5.58 Å². The Morgan fingerprint density at radius 1 is 1.19 bits per heavy atom. The van der Waals surface area contributed by atoms with Gasteiger partial charge in [-0.15, -0.1) is 0 Å². The number of hydrogen-bond donors (Lipinski definition) is 1. The van der Waals surface area contributed by atoms with E-state index in [-0.39, 0.29) is 6.42 Å². The molecule has 0 bridgehead atoms. The zero-order valence-electron chi connectivity index (χ0n) is 12.1. The van der Waals surface area contributed by atoms with Crippen LogP contribution >= 0.6 is 0 Å². The molecule has 0 radical (unpaired) electrons. The molecule has 1 aromatic carbocycles. The number of benzene rings is 1. The monoisotopic (exact) mass is 288 g/mol. The van der Waals surface area contributed by atoms with E-state index in [2.05, 4.69) is 0 Å². The molecule has 110 valence electrons. The quantitative estimate of drug-likeness (QED) is 0.787. The van der Waals surface area contributed by atoms with Gasteiger partial charge in [0.15, 0.2) is 11.3 Å². The number of carboxylic acid groups (broad SMARTS) is 1. The second-order valence-corrected chi connectivity index (χ2v) is 5.69. The summed E-state index contributed by atoms with van der Waals surface area (Å²) in [5.74, 6) is -0.249. The van der Waals surface area contributed by atoms with Gasteiger partial charge < -0.3 is 18.7 Å². The Balaban J connectivity index is 2.42. The summed E-state index contributed by atoms with van der Waals surface area (Å²) >= 11 is 0. The first kappa shape index (κ1) is 13.5. The maximum absolute atomic E-state index is 11.2. The maximum atomic E-state index is 11.2. The van der Waals surface area contributed by atoms with Gasteiger partial charge >= 0.3 is 5.97 Å². The Hall–Kier alpha value is -2.43. The zero-order valence-corrected chi connectivity index (χ0v) is 12.1. The van der Waals surface area contributed by atoms with Gasteiger partial charge in [-0.05, 0) is 12.1 Å². The van der Waals surface area contributed by atoms with E-state index in [4.69, 9.17) is 13.6 Å². The van der Waals surface area contributed by atoms with Gasteiger partial charge in [0.2, 0.25) is 0 Å². The van der Waals surface area contributed by atoms with Crippen molar-refractivity contribution in [2.45, 2.75) is 25.7 Å². The standard InChI is InChI=1S/C16H16O5/c1-16(2,8-11(17)18)12-9-4-6-21-15(9)14(19-3)10-5-7-20-13(10)12/h4-7H,8H2,1-3H3,(H,17,18). The van der Waals surface area contributed by atoms with E-state index in [1.54, 1.807) is 25.7 Å². The summed E-state index contributed by atoms with van der Waals surface area (Å²) in [4.78, 5) is 11.2. The van der Waals surface area contributed by atoms with Gasteiger partial charge in [0, 0.05) is 16.4 Å². The first-order valence-electron chi connectivity index (χ1n) is 6.62. The lowest BCUT2D eigenvalue weighted by atomic mass is 9.79. The number of hydrogen-bond acceptors (Lipinski definition) is 4. The van der Waals surface area contributed by atoms with E-state index in [1.807, 2.05) is 19.9 Å². The van der Waals surface area contributed by atoms with Crippen molar-refractivity contribution in [3.05, 3.63) is 30.2 Å². The van der Waals surface area contributed by atoms with Crippen LogP contribution in [0.15, 0.2) is 33.5 Å². The molecule has 1 N–H and O–H groups in total. The number of methoxy groups -OCH3 is 1. The Morgan fingerprint density at radius 2 is 1.81 bits per heavy atom. The van der Waals surface area contributed by atoms with Crippen LogP contribution in [0.2, 0.25) is 0 Å². The van der Waals surface area contributed by atoms with E-state index in [1.165, 1.54) is 0 Å². The maximum Gasteiger partial charge on any atom is 0.304 e. The number of rotatable bonds is 4. The van der Waals surface area contributed by atoms with Crippen LogP contribution in [0.5, 0.6) is 5.75 Å². The molecule has 0 fully saturated rings. The molecule has 5 nitrogen and oxygen atoms in total. The summed E-state index contributed by atoms with van der Waals surface area (Å²) in [6.07, 6.45) is 3.15. The van der Waals surface area contributed by atoms with Crippen molar-refractivity contribution in [2.75, 3.05) is 7.11 Å². The highest BCUT2D eigenvalue weighted by Crippen LogP contribution is 2.45. The van der Waals surface area contributed by atoms with Crippen molar-refractivity contribution in [1.82, 2.24) is 0 Å². The molecule has 5 heteroatoms. The molecule has 3 aromatic rings. The Bertz CT molecular complexity index is 770. The molecule has 0 saturated heterocycles. The molecule has 0 atom stereocenters. The predicted octanol–water partition coefficient (Wildman–Crippen LogP) is 3.94. The van der Waals surface area contributed by atoms with E-state index < -0.39 is 11.4 Å². The van der Waals surface area contributed by atoms with Crippen LogP contribution in [0.3, 0.4) is 0 Å². The van der Waals surface area contributed by atoms with E-state index in [0.29, 0.717) is 16.9 Å². The minimum absolute atomic E-state index is 0.00455. The highest BCUT2D eigenvalue weighted by Gasteiger charge is 2.32. The van der Waals surface area contributed by atoms with Crippen molar-refractivity contribution in [1.29, 1.82) is 0 Å². The molecule has 21 heavy (non-hydrogen) atoms. The molecule has 0 aliphatic heterocycles. The largest absolute Gasteiger partial charge is 0.492 e. The molecule has 2 aromatic heterocycles. The second kappa shape index (κ2) is 4.55. The number of carbonyl (C=O) groups is 1. The van der Waals surface area contributed by atoms with Crippen LogP contribution in [0.1, 0.15) is 25.8 Å². The van der Waals surface area contributed by atoms with E-state index in [0.717, 1.165) is 16.3 Å². The number of furan rings is 2. The number of carboxylic acids is 1. The van der Waals surface area contributed by atoms with Crippen LogP contribution in [0.4, 0.5) is 0 Å². The van der Waals surface area contributed by atoms with E-state index >= 15 is 0 Å². The molecule has 3 rings (SSSR count). The third kappa shape index (κ3) is 1.96. The summed E-state index contributed by atoms with van der Waals surface area (Å²) in [6.45, 7) is 3.77. The van der Waals surface area contributed by atoms with Crippen LogP contribution < -0.4 is 4.74 Å². The summed E-state index contributed by atoms with van der Waals surface area (Å²) in [5, 5.41) is 10.8. The smallest absolute Gasteiger partial charge is 0.304 e. The van der Waals surface area contributed by atoms with Crippen LogP contribution in [-0.2, 0) is 10.2 Å². The van der Waals surface area contributed by atoms with Crippen molar-refractivity contribution in [3.63, 3.8) is 0 Å². The van der Waals surface area contributed by atoms with Crippen molar-refractivity contribution < 1.29 is 23.5 Å². The van der Waals surface area contributed by atoms with Gasteiger partial charge in [0.25, 0.3) is 0 Å². The lowest BCUT2D eigenvalue weighted by Gasteiger charge is -2.24. The fraction of sp³-hybridized carbons (Fsp3) is 0.312. The van der Waals surface area contributed by atoms with Crippen LogP contribution in [0, 0.1) is 0 Å². The third-order valence-corrected chi connectivity index (χ3v) is 3.75. The molecular weight excluding hydrogens is 272 g/mol. The van der Waals surface area contributed by atoms with Gasteiger partial charge in [-0.25, -0.2) is 0 Å². The fourth-order valence-electron chi connectivity index (χ4n) is 2.95. The summed E-state index contributed by atoms with van der Waals surface area (Å²) in [6, 6.07) is 3.62. The number of aliphatic carboxylic acids is 1. The predicted molar refractivity (Wildman–Crippen MR) is 77.8 cm³/mol. The fourth-order valence-corrected chi connectivity index (χ4v) is 2.95. The summed E-state index contributed by atoms with van der Waals surface area (Å²) in [7, 11) is 1.58. The Labute approximate surface area is 121 Å². The van der Waals surface area contributed by atoms with Gasteiger partial charge in [-0.1, -0.05) is 13.8 Å². The highest BCUT2D eigenvalue weighted by atomic mass is 16.5. The van der Waals surface area contributed by atoms with Crippen LogP contribution in [-0.4, -0.2) is 18.2 Å².